The minimum atomic E-state index is -0.204. The summed E-state index contributed by atoms with van der Waals surface area (Å²) >= 11 is 9.21. The largest absolute Gasteiger partial charge is 0.399 e. The Morgan fingerprint density at radius 3 is 2.63 bits per heavy atom. The molecule has 0 aliphatic carbocycles. The molecule has 0 aliphatic rings. The lowest BCUT2D eigenvalue weighted by atomic mass is 10.1. The Bertz CT molecular complexity index is 623. The number of carbonyl (C=O) groups is 1. The summed E-state index contributed by atoms with van der Waals surface area (Å²) in [6.45, 7) is 1.89. The third-order valence-electron chi connectivity index (χ3n) is 2.54. The summed E-state index contributed by atoms with van der Waals surface area (Å²) < 4.78 is 0.732. The van der Waals surface area contributed by atoms with Gasteiger partial charge in [0.1, 0.15) is 0 Å². The topological polar surface area (TPSA) is 55.1 Å². The predicted octanol–water partition coefficient (Wildman–Crippen LogP) is 4.25. The molecule has 0 spiro atoms. The van der Waals surface area contributed by atoms with Gasteiger partial charge in [-0.3, -0.25) is 4.79 Å². The number of nitrogen functional groups attached to an aromatic ring is 1. The average molecular weight is 340 g/mol. The average Bonchev–Trinajstić information content (AvgIpc) is 2.32. The fraction of sp³-hybridized carbons (Fsp3) is 0.0714. The first kappa shape index (κ1) is 13.9. The second-order valence-corrected chi connectivity index (χ2v) is 5.48. The molecular formula is C14H12BrClN2O. The van der Waals surface area contributed by atoms with Crippen LogP contribution in [0, 0.1) is 6.92 Å². The van der Waals surface area contributed by atoms with Gasteiger partial charge in [0.25, 0.3) is 5.91 Å². The maximum atomic E-state index is 12.1. The van der Waals surface area contributed by atoms with Crippen LogP contribution in [0.2, 0.25) is 5.02 Å². The van der Waals surface area contributed by atoms with E-state index < -0.39 is 0 Å². The zero-order chi connectivity index (χ0) is 14.0. The highest BCUT2D eigenvalue weighted by Gasteiger charge is 2.08. The first-order valence-corrected chi connectivity index (χ1v) is 6.76. The van der Waals surface area contributed by atoms with E-state index >= 15 is 0 Å². The SMILES string of the molecule is Cc1cc(N)cc(C(=O)Nc2ccc(Cl)c(Br)c2)c1. The molecule has 0 atom stereocenters. The van der Waals surface area contributed by atoms with Gasteiger partial charge >= 0.3 is 0 Å². The molecule has 2 rings (SSSR count). The quantitative estimate of drug-likeness (QED) is 0.804. The normalized spacial score (nSPS) is 10.3. The molecule has 2 aromatic carbocycles. The third kappa shape index (κ3) is 3.49. The minimum Gasteiger partial charge on any atom is -0.399 e. The maximum absolute atomic E-state index is 12.1. The number of carbonyl (C=O) groups excluding carboxylic acids is 1. The third-order valence-corrected chi connectivity index (χ3v) is 3.75. The van der Waals surface area contributed by atoms with E-state index in [0.717, 1.165) is 10.0 Å². The number of hydrogen-bond donors (Lipinski definition) is 2. The number of nitrogens with one attached hydrogen (secondary N) is 1. The summed E-state index contributed by atoms with van der Waals surface area (Å²) in [6.07, 6.45) is 0. The van der Waals surface area contributed by atoms with Crippen LogP contribution in [-0.4, -0.2) is 5.91 Å². The van der Waals surface area contributed by atoms with E-state index in [2.05, 4.69) is 21.2 Å². The number of benzene rings is 2. The Balaban J connectivity index is 2.22. The van der Waals surface area contributed by atoms with Crippen molar-refractivity contribution in [3.63, 3.8) is 0 Å². The molecule has 0 saturated heterocycles. The Morgan fingerprint density at radius 2 is 2.00 bits per heavy atom. The fourth-order valence-electron chi connectivity index (χ4n) is 1.72. The van der Waals surface area contributed by atoms with Gasteiger partial charge in [-0.25, -0.2) is 0 Å². The zero-order valence-corrected chi connectivity index (χ0v) is 12.5. The van der Waals surface area contributed by atoms with Gasteiger partial charge in [-0.05, 0) is 64.8 Å². The number of amides is 1. The van der Waals surface area contributed by atoms with Crippen molar-refractivity contribution in [2.45, 2.75) is 6.92 Å². The Kier molecular flexibility index (Phi) is 4.12. The van der Waals surface area contributed by atoms with Gasteiger partial charge in [-0.2, -0.15) is 0 Å². The molecule has 5 heteroatoms. The molecule has 0 bridgehead atoms. The highest BCUT2D eigenvalue weighted by atomic mass is 79.9. The second kappa shape index (κ2) is 5.63. The smallest absolute Gasteiger partial charge is 0.255 e. The van der Waals surface area contributed by atoms with Crippen LogP contribution in [-0.2, 0) is 0 Å². The maximum Gasteiger partial charge on any atom is 0.255 e. The molecule has 0 fully saturated rings. The van der Waals surface area contributed by atoms with Crippen LogP contribution in [0.15, 0.2) is 40.9 Å². The van der Waals surface area contributed by atoms with E-state index in [4.69, 9.17) is 17.3 Å². The fourth-order valence-corrected chi connectivity index (χ4v) is 2.22. The number of nitrogens with two attached hydrogens (primary N) is 1. The van der Waals surface area contributed by atoms with E-state index in [1.165, 1.54) is 0 Å². The number of aryl methyl sites for hydroxylation is 1. The molecule has 0 heterocycles. The van der Waals surface area contributed by atoms with Crippen molar-refractivity contribution in [2.75, 3.05) is 11.1 Å². The molecule has 3 nitrogen and oxygen atoms in total. The van der Waals surface area contributed by atoms with Crippen molar-refractivity contribution >= 4 is 44.8 Å². The van der Waals surface area contributed by atoms with E-state index in [9.17, 15) is 4.79 Å². The Hall–Kier alpha value is -1.52. The van der Waals surface area contributed by atoms with Gasteiger partial charge < -0.3 is 11.1 Å². The molecule has 0 saturated carbocycles. The summed E-state index contributed by atoms with van der Waals surface area (Å²) in [7, 11) is 0. The minimum absolute atomic E-state index is 0.204. The van der Waals surface area contributed by atoms with Crippen molar-refractivity contribution < 1.29 is 4.79 Å². The van der Waals surface area contributed by atoms with Gasteiger partial charge in [0.05, 0.1) is 5.02 Å². The molecule has 3 N–H and O–H groups in total. The van der Waals surface area contributed by atoms with Gasteiger partial charge in [0, 0.05) is 21.4 Å². The van der Waals surface area contributed by atoms with Crippen LogP contribution in [0.4, 0.5) is 11.4 Å². The molecule has 0 unspecified atom stereocenters. The molecule has 2 aromatic rings. The summed E-state index contributed by atoms with van der Waals surface area (Å²) in [5.41, 5.74) is 8.45. The standard InChI is InChI=1S/C14H12BrClN2O/c1-8-4-9(6-10(17)5-8)14(19)18-11-2-3-13(16)12(15)7-11/h2-7H,17H2,1H3,(H,18,19). The Labute approximate surface area is 124 Å². The Morgan fingerprint density at radius 1 is 1.26 bits per heavy atom. The molecule has 0 aliphatic heterocycles. The van der Waals surface area contributed by atoms with Gasteiger partial charge in [-0.1, -0.05) is 11.6 Å². The molecular weight excluding hydrogens is 328 g/mol. The van der Waals surface area contributed by atoms with Crippen LogP contribution in [0.1, 0.15) is 15.9 Å². The van der Waals surface area contributed by atoms with Crippen LogP contribution in [0.5, 0.6) is 0 Å². The van der Waals surface area contributed by atoms with Crippen LogP contribution in [0.25, 0.3) is 0 Å². The number of anilines is 2. The molecule has 19 heavy (non-hydrogen) atoms. The summed E-state index contributed by atoms with van der Waals surface area (Å²) in [4.78, 5) is 12.1. The zero-order valence-electron chi connectivity index (χ0n) is 10.2. The lowest BCUT2D eigenvalue weighted by Crippen LogP contribution is -2.12. The van der Waals surface area contributed by atoms with Crippen LogP contribution in [0.3, 0.4) is 0 Å². The van der Waals surface area contributed by atoms with Crippen molar-refractivity contribution in [3.05, 3.63) is 57.0 Å². The highest BCUT2D eigenvalue weighted by Crippen LogP contribution is 2.26. The van der Waals surface area contributed by atoms with E-state index in [-0.39, 0.29) is 5.91 Å². The van der Waals surface area contributed by atoms with Gasteiger partial charge in [0.15, 0.2) is 0 Å². The predicted molar refractivity (Wildman–Crippen MR) is 82.7 cm³/mol. The molecule has 0 radical (unpaired) electrons. The van der Waals surface area contributed by atoms with E-state index in [0.29, 0.717) is 22.0 Å². The van der Waals surface area contributed by atoms with Crippen molar-refractivity contribution in [1.82, 2.24) is 0 Å². The summed E-state index contributed by atoms with van der Waals surface area (Å²) in [5, 5.41) is 3.39. The first-order chi connectivity index (χ1) is 8.95. The number of hydrogen-bond acceptors (Lipinski definition) is 2. The van der Waals surface area contributed by atoms with Crippen LogP contribution >= 0.6 is 27.5 Å². The molecule has 0 aromatic heterocycles. The first-order valence-electron chi connectivity index (χ1n) is 5.59. The van der Waals surface area contributed by atoms with Crippen molar-refractivity contribution in [3.8, 4) is 0 Å². The summed E-state index contributed by atoms with van der Waals surface area (Å²) in [6, 6.07) is 10.5. The summed E-state index contributed by atoms with van der Waals surface area (Å²) in [5.74, 6) is -0.204. The number of rotatable bonds is 2. The monoisotopic (exact) mass is 338 g/mol. The molecule has 1 amide bonds. The second-order valence-electron chi connectivity index (χ2n) is 4.22. The lowest BCUT2D eigenvalue weighted by Gasteiger charge is -2.08. The lowest BCUT2D eigenvalue weighted by molar-refractivity contribution is 0.102. The number of halogens is 2. The van der Waals surface area contributed by atoms with Gasteiger partial charge in [0.2, 0.25) is 0 Å². The van der Waals surface area contributed by atoms with E-state index in [1.54, 1.807) is 30.3 Å². The molecule has 98 valence electrons. The van der Waals surface area contributed by atoms with Gasteiger partial charge in [-0.15, -0.1) is 0 Å². The highest BCUT2D eigenvalue weighted by molar-refractivity contribution is 9.10. The van der Waals surface area contributed by atoms with Crippen LogP contribution < -0.4 is 11.1 Å². The van der Waals surface area contributed by atoms with Crippen molar-refractivity contribution in [2.24, 2.45) is 0 Å². The van der Waals surface area contributed by atoms with E-state index in [1.807, 2.05) is 13.0 Å². The van der Waals surface area contributed by atoms with Crippen molar-refractivity contribution in [1.29, 1.82) is 0 Å².